The van der Waals surface area contributed by atoms with Crippen LogP contribution in [0.1, 0.15) is 40.2 Å². The summed E-state index contributed by atoms with van der Waals surface area (Å²) >= 11 is 0. The number of aryl methyl sites for hydroxylation is 1. The molecule has 0 bridgehead atoms. The lowest BCUT2D eigenvalue weighted by molar-refractivity contribution is -0.124. The van der Waals surface area contributed by atoms with Crippen molar-refractivity contribution in [2.24, 2.45) is 0 Å². The average Bonchev–Trinajstić information content (AvgIpc) is 3.66. The van der Waals surface area contributed by atoms with Crippen LogP contribution in [0, 0.1) is 6.92 Å². The van der Waals surface area contributed by atoms with E-state index >= 15 is 0 Å². The fourth-order valence-corrected chi connectivity index (χ4v) is 4.14. The third-order valence-corrected chi connectivity index (χ3v) is 6.04. The van der Waals surface area contributed by atoms with Crippen LogP contribution in [0.15, 0.2) is 71.4 Å². The molecule has 3 heterocycles. The van der Waals surface area contributed by atoms with E-state index in [1.54, 1.807) is 29.9 Å². The molecule has 1 unspecified atom stereocenters. The first-order valence-corrected chi connectivity index (χ1v) is 11.9. The van der Waals surface area contributed by atoms with E-state index in [1.807, 2.05) is 48.7 Å². The number of oxazole rings is 1. The number of para-hydroxylation sites is 1. The lowest BCUT2D eigenvalue weighted by Gasteiger charge is -2.12. The number of hydrogen-bond donors (Lipinski definition) is 2. The normalized spacial score (nSPS) is 15.1. The van der Waals surface area contributed by atoms with Gasteiger partial charge in [0.15, 0.2) is 0 Å². The number of hydrogen-bond acceptors (Lipinski definition) is 6. The van der Waals surface area contributed by atoms with Crippen LogP contribution < -0.4 is 10.6 Å². The van der Waals surface area contributed by atoms with Crippen LogP contribution in [0.4, 0.5) is 5.69 Å². The first kappa shape index (κ1) is 23.5. The van der Waals surface area contributed by atoms with Crippen LogP contribution in [-0.4, -0.2) is 39.3 Å². The van der Waals surface area contributed by atoms with Crippen molar-refractivity contribution in [3.05, 3.63) is 89.6 Å². The summed E-state index contributed by atoms with van der Waals surface area (Å²) in [6.07, 6.45) is 4.75. The Morgan fingerprint density at radius 1 is 1.14 bits per heavy atom. The van der Waals surface area contributed by atoms with Gasteiger partial charge >= 0.3 is 0 Å². The van der Waals surface area contributed by atoms with Gasteiger partial charge in [0.05, 0.1) is 24.3 Å². The fraction of sp³-hybridized carbons (Fsp3) is 0.259. The Balaban J connectivity index is 1.26. The van der Waals surface area contributed by atoms with Crippen LogP contribution in [0.5, 0.6) is 0 Å². The zero-order valence-electron chi connectivity index (χ0n) is 19.9. The van der Waals surface area contributed by atoms with Gasteiger partial charge in [0.2, 0.25) is 5.89 Å². The van der Waals surface area contributed by atoms with Crippen molar-refractivity contribution >= 4 is 17.5 Å². The monoisotopic (exact) mass is 485 g/mol. The Morgan fingerprint density at radius 2 is 2.03 bits per heavy atom. The van der Waals surface area contributed by atoms with Gasteiger partial charge in [-0.05, 0) is 55.7 Å². The number of carbonyl (C=O) groups excluding carboxylic acids is 2. The van der Waals surface area contributed by atoms with E-state index in [0.717, 1.165) is 12.0 Å². The molecule has 5 rings (SSSR count). The summed E-state index contributed by atoms with van der Waals surface area (Å²) in [7, 11) is 0. The molecule has 4 aromatic rings. The van der Waals surface area contributed by atoms with Crippen LogP contribution in [0.3, 0.4) is 0 Å². The van der Waals surface area contributed by atoms with E-state index in [-0.39, 0.29) is 18.4 Å². The summed E-state index contributed by atoms with van der Waals surface area (Å²) in [6, 6.07) is 16.6. The van der Waals surface area contributed by atoms with E-state index < -0.39 is 6.10 Å². The maximum Gasteiger partial charge on any atom is 0.253 e. The van der Waals surface area contributed by atoms with Crippen molar-refractivity contribution in [3.8, 4) is 11.5 Å². The second kappa shape index (κ2) is 10.6. The van der Waals surface area contributed by atoms with Gasteiger partial charge < -0.3 is 19.8 Å². The number of benzene rings is 2. The maximum absolute atomic E-state index is 12.8. The van der Waals surface area contributed by atoms with Gasteiger partial charge in [-0.3, -0.25) is 14.3 Å². The van der Waals surface area contributed by atoms with E-state index in [9.17, 15) is 9.59 Å². The molecular weight excluding hydrogens is 458 g/mol. The number of amides is 2. The highest BCUT2D eigenvalue weighted by atomic mass is 16.5. The molecule has 1 atom stereocenters. The van der Waals surface area contributed by atoms with Crippen molar-refractivity contribution in [1.82, 2.24) is 20.1 Å². The third-order valence-electron chi connectivity index (χ3n) is 6.04. The highest BCUT2D eigenvalue weighted by molar-refractivity contribution is 5.97. The Hall–Kier alpha value is -4.24. The van der Waals surface area contributed by atoms with Gasteiger partial charge in [0.1, 0.15) is 17.6 Å². The van der Waals surface area contributed by atoms with E-state index in [1.165, 1.54) is 0 Å². The second-order valence-electron chi connectivity index (χ2n) is 8.65. The molecule has 0 aliphatic carbocycles. The Bertz CT molecular complexity index is 1360. The molecule has 2 amide bonds. The number of nitrogens with one attached hydrogen (secondary N) is 2. The lowest BCUT2D eigenvalue weighted by Crippen LogP contribution is -2.27. The van der Waals surface area contributed by atoms with E-state index in [4.69, 9.17) is 9.15 Å². The van der Waals surface area contributed by atoms with Crippen LogP contribution in [0.25, 0.3) is 11.5 Å². The highest BCUT2D eigenvalue weighted by Gasteiger charge is 2.25. The van der Waals surface area contributed by atoms with Gasteiger partial charge in [-0.1, -0.05) is 24.3 Å². The first-order valence-electron chi connectivity index (χ1n) is 11.9. The Morgan fingerprint density at radius 3 is 2.83 bits per heavy atom. The van der Waals surface area contributed by atoms with Crippen molar-refractivity contribution in [3.63, 3.8) is 0 Å². The molecule has 9 heteroatoms. The molecule has 2 N–H and O–H groups in total. The molecule has 1 fully saturated rings. The molecule has 2 aromatic heterocycles. The quantitative estimate of drug-likeness (QED) is 0.391. The summed E-state index contributed by atoms with van der Waals surface area (Å²) < 4.78 is 13.2. The summed E-state index contributed by atoms with van der Waals surface area (Å²) in [4.78, 5) is 30.0. The molecule has 2 aromatic carbocycles. The molecule has 36 heavy (non-hydrogen) atoms. The number of aromatic nitrogens is 3. The standard InChI is InChI=1S/C27H27N5O4/c1-18-23(16-28-25(33)20-8-4-7-19(15-20)17-32-13-6-12-29-32)31-27(36-18)21-9-2-3-10-22(21)30-26(34)24-11-5-14-35-24/h2-4,6-10,12-13,15,24H,5,11,14,16-17H2,1H3,(H,28,33)(H,30,34). The van der Waals surface area contributed by atoms with Gasteiger partial charge in [-0.2, -0.15) is 5.10 Å². The molecule has 1 saturated heterocycles. The summed E-state index contributed by atoms with van der Waals surface area (Å²) in [5, 5.41) is 10.1. The summed E-state index contributed by atoms with van der Waals surface area (Å²) in [5.41, 5.74) is 3.42. The van der Waals surface area contributed by atoms with Crippen LogP contribution in [-0.2, 0) is 22.6 Å². The highest BCUT2D eigenvalue weighted by Crippen LogP contribution is 2.29. The van der Waals surface area contributed by atoms with E-state index in [2.05, 4.69) is 20.7 Å². The molecule has 0 spiro atoms. The van der Waals surface area contributed by atoms with Gasteiger partial charge in [0.25, 0.3) is 11.8 Å². The third kappa shape index (κ3) is 5.36. The molecule has 184 valence electrons. The smallest absolute Gasteiger partial charge is 0.253 e. The lowest BCUT2D eigenvalue weighted by atomic mass is 10.1. The van der Waals surface area contributed by atoms with Gasteiger partial charge in [0, 0.05) is 24.6 Å². The number of carbonyl (C=O) groups is 2. The SMILES string of the molecule is Cc1oc(-c2ccccc2NC(=O)C2CCCO2)nc1CNC(=O)c1cccc(Cn2cccn2)c1. The zero-order chi connectivity index (χ0) is 24.9. The van der Waals surface area contributed by atoms with E-state index in [0.29, 0.717) is 53.7 Å². The predicted octanol–water partition coefficient (Wildman–Crippen LogP) is 3.94. The largest absolute Gasteiger partial charge is 0.441 e. The predicted molar refractivity (Wildman–Crippen MR) is 133 cm³/mol. The Kier molecular flexibility index (Phi) is 6.90. The molecule has 1 aliphatic rings. The average molecular weight is 486 g/mol. The fourth-order valence-electron chi connectivity index (χ4n) is 4.14. The zero-order valence-corrected chi connectivity index (χ0v) is 19.9. The van der Waals surface area contributed by atoms with Crippen molar-refractivity contribution in [2.75, 3.05) is 11.9 Å². The van der Waals surface area contributed by atoms with Crippen LogP contribution >= 0.6 is 0 Å². The minimum absolute atomic E-state index is 0.175. The van der Waals surface area contributed by atoms with Gasteiger partial charge in [-0.15, -0.1) is 0 Å². The summed E-state index contributed by atoms with van der Waals surface area (Å²) in [6.45, 7) is 3.20. The molecule has 9 nitrogen and oxygen atoms in total. The van der Waals surface area contributed by atoms with Crippen molar-refractivity contribution < 1.29 is 18.7 Å². The van der Waals surface area contributed by atoms with Gasteiger partial charge in [-0.25, -0.2) is 4.98 Å². The molecule has 0 radical (unpaired) electrons. The molecule has 1 aliphatic heterocycles. The molecule has 0 saturated carbocycles. The molecular formula is C27H27N5O4. The number of anilines is 1. The number of nitrogens with zero attached hydrogens (tertiary/aromatic N) is 3. The number of rotatable bonds is 8. The van der Waals surface area contributed by atoms with Crippen molar-refractivity contribution in [2.45, 2.75) is 39.0 Å². The number of ether oxygens (including phenoxy) is 1. The van der Waals surface area contributed by atoms with Crippen molar-refractivity contribution in [1.29, 1.82) is 0 Å². The topological polar surface area (TPSA) is 111 Å². The second-order valence-corrected chi connectivity index (χ2v) is 8.65. The maximum atomic E-state index is 12.8. The summed E-state index contributed by atoms with van der Waals surface area (Å²) in [5.74, 6) is 0.593. The minimum atomic E-state index is -0.437. The van der Waals surface area contributed by atoms with Crippen LogP contribution in [0.2, 0.25) is 0 Å². The first-order chi connectivity index (χ1) is 17.6. The minimum Gasteiger partial charge on any atom is -0.441 e. The Labute approximate surface area is 208 Å².